The van der Waals surface area contributed by atoms with Gasteiger partial charge in [0.25, 0.3) is 0 Å². The van der Waals surface area contributed by atoms with Gasteiger partial charge in [0, 0.05) is 34.6 Å². The normalized spacial score (nSPS) is 11.4. The maximum atomic E-state index is 6.17. The summed E-state index contributed by atoms with van der Waals surface area (Å²) in [6, 6.07) is 7.89. The van der Waals surface area contributed by atoms with Gasteiger partial charge in [-0.15, -0.1) is 0 Å². The molecule has 0 bridgehead atoms. The Balaban J connectivity index is 2.35. The molecule has 17 heavy (non-hydrogen) atoms. The van der Waals surface area contributed by atoms with E-state index in [2.05, 4.69) is 4.98 Å². The van der Waals surface area contributed by atoms with Gasteiger partial charge in [-0.2, -0.15) is 0 Å². The highest BCUT2D eigenvalue weighted by atomic mass is 35.5. The first-order valence-corrected chi connectivity index (χ1v) is 5.92. The van der Waals surface area contributed by atoms with Crippen LogP contribution in [0.25, 0.3) is 16.4 Å². The Morgan fingerprint density at radius 1 is 1.24 bits per heavy atom. The van der Waals surface area contributed by atoms with Crippen LogP contribution in [0.15, 0.2) is 36.7 Å². The second-order valence-corrected chi connectivity index (χ2v) is 4.43. The molecule has 3 nitrogen and oxygen atoms in total. The molecule has 0 radical (unpaired) electrons. The zero-order chi connectivity index (χ0) is 11.8. The summed E-state index contributed by atoms with van der Waals surface area (Å²) in [5.74, 6) is 0. The summed E-state index contributed by atoms with van der Waals surface area (Å²) in [5.41, 5.74) is 7.50. The third-order valence-electron chi connectivity index (χ3n) is 2.88. The van der Waals surface area contributed by atoms with Crippen molar-refractivity contribution in [3.8, 4) is 0 Å². The van der Waals surface area contributed by atoms with Crippen LogP contribution in [0.1, 0.15) is 5.69 Å². The van der Waals surface area contributed by atoms with Gasteiger partial charge in [-0.25, -0.2) is 4.98 Å². The summed E-state index contributed by atoms with van der Waals surface area (Å²) in [7, 11) is 0. The van der Waals surface area contributed by atoms with E-state index in [1.165, 1.54) is 0 Å². The van der Waals surface area contributed by atoms with Crippen LogP contribution in [0.2, 0.25) is 5.02 Å². The van der Waals surface area contributed by atoms with Gasteiger partial charge in [0.1, 0.15) is 5.65 Å². The number of nitrogens with zero attached hydrogens (tertiary/aromatic N) is 2. The number of halogens is 1. The summed E-state index contributed by atoms with van der Waals surface area (Å²) < 4.78 is 2.02. The molecule has 0 atom stereocenters. The fraction of sp³-hybridized carbons (Fsp3) is 0.154. The molecule has 2 aromatic heterocycles. The minimum Gasteiger partial charge on any atom is -0.330 e. The molecular formula is C13H12ClN3. The Labute approximate surface area is 104 Å². The van der Waals surface area contributed by atoms with E-state index in [9.17, 15) is 0 Å². The maximum Gasteiger partial charge on any atom is 0.144 e. The van der Waals surface area contributed by atoms with Crippen LogP contribution in [0.4, 0.5) is 0 Å². The van der Waals surface area contributed by atoms with Gasteiger partial charge in [-0.1, -0.05) is 23.7 Å². The molecule has 0 aliphatic heterocycles. The van der Waals surface area contributed by atoms with Crippen molar-refractivity contribution in [1.82, 2.24) is 9.38 Å². The molecule has 86 valence electrons. The topological polar surface area (TPSA) is 43.3 Å². The lowest BCUT2D eigenvalue weighted by molar-refractivity contribution is 0.937. The molecule has 0 saturated heterocycles. The molecule has 1 aromatic carbocycles. The summed E-state index contributed by atoms with van der Waals surface area (Å²) >= 11 is 6.17. The lowest BCUT2D eigenvalue weighted by atomic mass is 10.2. The Morgan fingerprint density at radius 3 is 2.94 bits per heavy atom. The van der Waals surface area contributed by atoms with E-state index in [4.69, 9.17) is 17.3 Å². The highest BCUT2D eigenvalue weighted by Crippen LogP contribution is 2.26. The Bertz CT molecular complexity index is 688. The number of aromatic nitrogens is 2. The van der Waals surface area contributed by atoms with Crippen LogP contribution in [0, 0.1) is 0 Å². The molecule has 0 aliphatic rings. The van der Waals surface area contributed by atoms with Gasteiger partial charge in [0.05, 0.1) is 5.69 Å². The number of imidazole rings is 1. The first kappa shape index (κ1) is 10.6. The number of benzene rings is 1. The summed E-state index contributed by atoms with van der Waals surface area (Å²) in [5, 5.41) is 2.86. The quantitative estimate of drug-likeness (QED) is 0.754. The predicted octanol–water partition coefficient (Wildman–Crippen LogP) is 2.64. The molecule has 3 rings (SSSR count). The minimum atomic E-state index is 0.614. The first-order valence-electron chi connectivity index (χ1n) is 5.54. The Morgan fingerprint density at radius 2 is 2.12 bits per heavy atom. The monoisotopic (exact) mass is 245 g/mol. The van der Waals surface area contributed by atoms with Crippen LogP contribution in [-0.4, -0.2) is 15.9 Å². The smallest absolute Gasteiger partial charge is 0.144 e. The summed E-state index contributed by atoms with van der Waals surface area (Å²) in [6.07, 6.45) is 4.79. The van der Waals surface area contributed by atoms with E-state index in [0.29, 0.717) is 6.54 Å². The van der Waals surface area contributed by atoms with Crippen molar-refractivity contribution in [2.45, 2.75) is 6.42 Å². The van der Waals surface area contributed by atoms with Gasteiger partial charge < -0.3 is 10.1 Å². The largest absolute Gasteiger partial charge is 0.330 e. The van der Waals surface area contributed by atoms with Crippen molar-refractivity contribution in [2.75, 3.05) is 6.54 Å². The van der Waals surface area contributed by atoms with E-state index in [1.807, 2.05) is 41.1 Å². The molecule has 4 heteroatoms. The zero-order valence-corrected chi connectivity index (χ0v) is 9.98. The molecule has 0 spiro atoms. The SMILES string of the molecule is NCCc1cn2ccc3c(Cl)cccc3c2n1. The van der Waals surface area contributed by atoms with Gasteiger partial charge in [-0.3, -0.25) is 0 Å². The van der Waals surface area contributed by atoms with Crippen molar-refractivity contribution in [3.63, 3.8) is 0 Å². The van der Waals surface area contributed by atoms with Crippen LogP contribution in [-0.2, 0) is 6.42 Å². The van der Waals surface area contributed by atoms with Gasteiger partial charge in [0.2, 0.25) is 0 Å². The van der Waals surface area contributed by atoms with Crippen molar-refractivity contribution < 1.29 is 0 Å². The van der Waals surface area contributed by atoms with Crippen molar-refractivity contribution in [1.29, 1.82) is 0 Å². The van der Waals surface area contributed by atoms with E-state index in [1.54, 1.807) is 0 Å². The molecule has 2 N–H and O–H groups in total. The van der Waals surface area contributed by atoms with E-state index >= 15 is 0 Å². The van der Waals surface area contributed by atoms with Gasteiger partial charge in [0.15, 0.2) is 0 Å². The molecule has 0 saturated carbocycles. The van der Waals surface area contributed by atoms with Crippen LogP contribution in [0.5, 0.6) is 0 Å². The predicted molar refractivity (Wildman–Crippen MR) is 70.5 cm³/mol. The second-order valence-electron chi connectivity index (χ2n) is 4.02. The lowest BCUT2D eigenvalue weighted by Gasteiger charge is -2.01. The highest BCUT2D eigenvalue weighted by molar-refractivity contribution is 6.35. The molecule has 0 fully saturated rings. The van der Waals surface area contributed by atoms with Crippen molar-refractivity contribution in [3.05, 3.63) is 47.4 Å². The number of rotatable bonds is 2. The average molecular weight is 246 g/mol. The second kappa shape index (κ2) is 4.02. The molecule has 3 aromatic rings. The standard InChI is InChI=1S/C13H12ClN3/c14-12-3-1-2-11-10(12)5-7-17-8-9(4-6-15)16-13(11)17/h1-3,5,7-8H,4,6,15H2. The fourth-order valence-electron chi connectivity index (χ4n) is 2.08. The fourth-order valence-corrected chi connectivity index (χ4v) is 2.32. The molecule has 0 aliphatic carbocycles. The minimum absolute atomic E-state index is 0.614. The third-order valence-corrected chi connectivity index (χ3v) is 3.21. The molecular weight excluding hydrogens is 234 g/mol. The average Bonchev–Trinajstić information content (AvgIpc) is 2.73. The van der Waals surface area contributed by atoms with Crippen molar-refractivity contribution in [2.24, 2.45) is 5.73 Å². The van der Waals surface area contributed by atoms with E-state index in [-0.39, 0.29) is 0 Å². The van der Waals surface area contributed by atoms with Gasteiger partial charge >= 0.3 is 0 Å². The van der Waals surface area contributed by atoms with Crippen LogP contribution < -0.4 is 5.73 Å². The number of pyridine rings is 1. The number of hydrogen-bond acceptors (Lipinski definition) is 2. The first-order chi connectivity index (χ1) is 8.29. The van der Waals surface area contributed by atoms with Gasteiger partial charge in [-0.05, 0) is 18.7 Å². The lowest BCUT2D eigenvalue weighted by Crippen LogP contribution is -2.02. The molecule has 2 heterocycles. The summed E-state index contributed by atoms with van der Waals surface area (Å²) in [4.78, 5) is 4.60. The Kier molecular flexibility index (Phi) is 2.50. The number of fused-ring (bicyclic) bond motifs is 3. The van der Waals surface area contributed by atoms with Crippen LogP contribution in [0.3, 0.4) is 0 Å². The summed E-state index contributed by atoms with van der Waals surface area (Å²) in [6.45, 7) is 0.614. The molecule has 0 amide bonds. The number of nitrogens with two attached hydrogens (primary N) is 1. The molecule has 0 unspecified atom stereocenters. The van der Waals surface area contributed by atoms with Crippen molar-refractivity contribution >= 4 is 28.0 Å². The zero-order valence-electron chi connectivity index (χ0n) is 9.23. The van der Waals surface area contributed by atoms with E-state index in [0.717, 1.165) is 33.6 Å². The number of hydrogen-bond donors (Lipinski definition) is 1. The Hall–Kier alpha value is -1.58. The maximum absolute atomic E-state index is 6.17. The highest BCUT2D eigenvalue weighted by Gasteiger charge is 2.06. The third kappa shape index (κ3) is 1.68. The van der Waals surface area contributed by atoms with Crippen LogP contribution >= 0.6 is 11.6 Å². The van der Waals surface area contributed by atoms with E-state index < -0.39 is 0 Å².